The number of fused-ring (bicyclic) bond motifs is 1. The van der Waals surface area contributed by atoms with Crippen molar-refractivity contribution in [2.45, 2.75) is 39.2 Å². The largest absolute Gasteiger partial charge is 0.464 e. The van der Waals surface area contributed by atoms with Gasteiger partial charge in [-0.25, -0.2) is 4.98 Å². The number of furan rings is 1. The molecule has 6 rings (SSSR count). The standard InChI is InChI=1S/C31H33N5O4S/c1-5-27(37)35-13-12-31(18-35)16-21(17-31)36-23-9-8-20(34(4)29(39)19(2)3)15-22(23)32-30(36)33-28(38)26-11-10-25(41-26)24-7-6-14-40-24/h5-11,14-15,19,21H,1,12-13,16-18H2,2-4H3,(H,32,33,38). The van der Waals surface area contributed by atoms with E-state index in [4.69, 9.17) is 9.40 Å². The zero-order valence-corrected chi connectivity index (χ0v) is 24.2. The Morgan fingerprint density at radius 1 is 1.22 bits per heavy atom. The number of rotatable bonds is 7. The Morgan fingerprint density at radius 3 is 2.73 bits per heavy atom. The maximum absolute atomic E-state index is 13.4. The summed E-state index contributed by atoms with van der Waals surface area (Å²) in [6.07, 6.45) is 5.72. The molecule has 1 N–H and O–H groups in total. The van der Waals surface area contributed by atoms with Gasteiger partial charge in [-0.05, 0) is 73.2 Å². The van der Waals surface area contributed by atoms with E-state index < -0.39 is 0 Å². The number of amides is 3. The Morgan fingerprint density at radius 2 is 2.02 bits per heavy atom. The van der Waals surface area contributed by atoms with E-state index in [-0.39, 0.29) is 35.1 Å². The van der Waals surface area contributed by atoms with Crippen LogP contribution in [-0.2, 0) is 9.59 Å². The van der Waals surface area contributed by atoms with Crippen molar-refractivity contribution in [2.24, 2.45) is 11.3 Å². The number of thiophene rings is 1. The van der Waals surface area contributed by atoms with Gasteiger partial charge >= 0.3 is 0 Å². The van der Waals surface area contributed by atoms with Crippen molar-refractivity contribution in [1.82, 2.24) is 14.5 Å². The van der Waals surface area contributed by atoms with Gasteiger partial charge in [-0.15, -0.1) is 11.3 Å². The maximum Gasteiger partial charge on any atom is 0.268 e. The molecule has 1 aliphatic carbocycles. The van der Waals surface area contributed by atoms with Gasteiger partial charge in [0, 0.05) is 37.8 Å². The molecule has 3 aromatic heterocycles. The Kier molecular flexibility index (Phi) is 6.81. The van der Waals surface area contributed by atoms with Crippen LogP contribution < -0.4 is 10.2 Å². The summed E-state index contributed by atoms with van der Waals surface area (Å²) in [5, 5.41) is 3.06. The first-order valence-corrected chi connectivity index (χ1v) is 14.7. The lowest BCUT2D eigenvalue weighted by Crippen LogP contribution is -2.42. The summed E-state index contributed by atoms with van der Waals surface area (Å²) in [5.41, 5.74) is 2.42. The van der Waals surface area contributed by atoms with E-state index in [0.29, 0.717) is 22.1 Å². The van der Waals surface area contributed by atoms with Crippen molar-refractivity contribution in [1.29, 1.82) is 0 Å². The highest BCUT2D eigenvalue weighted by Crippen LogP contribution is 2.55. The monoisotopic (exact) mass is 571 g/mol. The van der Waals surface area contributed by atoms with Gasteiger partial charge in [0.2, 0.25) is 17.8 Å². The molecule has 2 aliphatic rings. The van der Waals surface area contributed by atoms with Crippen molar-refractivity contribution in [3.63, 3.8) is 0 Å². The Hall–Kier alpha value is -4.18. The fourth-order valence-corrected chi connectivity index (χ4v) is 7.02. The van der Waals surface area contributed by atoms with Crippen molar-refractivity contribution in [3.05, 3.63) is 66.3 Å². The number of hydrogen-bond donors (Lipinski definition) is 1. The molecular weight excluding hydrogens is 538 g/mol. The Balaban J connectivity index is 1.31. The van der Waals surface area contributed by atoms with E-state index in [1.54, 1.807) is 24.3 Å². The lowest BCUT2D eigenvalue weighted by Gasteiger charge is -2.46. The fraction of sp³-hybridized carbons (Fsp3) is 0.355. The van der Waals surface area contributed by atoms with Gasteiger partial charge in [0.15, 0.2) is 0 Å². The second kappa shape index (κ2) is 10.3. The van der Waals surface area contributed by atoms with Crippen LogP contribution in [0.2, 0.25) is 0 Å². The number of nitrogens with one attached hydrogen (secondary N) is 1. The van der Waals surface area contributed by atoms with Crippen LogP contribution in [0.3, 0.4) is 0 Å². The average molecular weight is 572 g/mol. The molecule has 1 saturated heterocycles. The number of carbonyl (C=O) groups is 3. The summed E-state index contributed by atoms with van der Waals surface area (Å²) in [7, 11) is 1.77. The smallest absolute Gasteiger partial charge is 0.268 e. The lowest BCUT2D eigenvalue weighted by atomic mass is 9.65. The second-order valence-corrected chi connectivity index (χ2v) is 12.5. The van der Waals surface area contributed by atoms with Crippen LogP contribution in [-0.4, -0.2) is 52.3 Å². The normalized spacial score (nSPS) is 20.0. The number of imidazole rings is 1. The number of nitrogens with zero attached hydrogens (tertiary/aromatic N) is 4. The average Bonchev–Trinajstić information content (AvgIpc) is 3.75. The molecule has 4 heterocycles. The van der Waals surface area contributed by atoms with Crippen molar-refractivity contribution < 1.29 is 18.8 Å². The summed E-state index contributed by atoms with van der Waals surface area (Å²) in [4.78, 5) is 48.1. The Bertz CT molecular complexity index is 1640. The molecule has 0 radical (unpaired) electrons. The second-order valence-electron chi connectivity index (χ2n) is 11.4. The summed E-state index contributed by atoms with van der Waals surface area (Å²) in [5.74, 6) is 0.811. The zero-order valence-electron chi connectivity index (χ0n) is 23.4. The molecule has 3 amide bonds. The van der Waals surface area contributed by atoms with Crippen molar-refractivity contribution in [2.75, 3.05) is 30.4 Å². The van der Waals surface area contributed by atoms with Gasteiger partial charge in [-0.3, -0.25) is 19.7 Å². The highest BCUT2D eigenvalue weighted by molar-refractivity contribution is 7.17. The van der Waals surface area contributed by atoms with E-state index in [9.17, 15) is 14.4 Å². The Labute approximate surface area is 242 Å². The molecule has 41 heavy (non-hydrogen) atoms. The first-order chi connectivity index (χ1) is 19.7. The van der Waals surface area contributed by atoms with E-state index in [0.717, 1.165) is 48.4 Å². The highest BCUT2D eigenvalue weighted by Gasteiger charge is 2.50. The number of carbonyl (C=O) groups excluding carboxylic acids is 3. The van der Waals surface area contributed by atoms with Gasteiger partial charge in [0.1, 0.15) is 5.76 Å². The van der Waals surface area contributed by atoms with Crippen LogP contribution >= 0.6 is 11.3 Å². The summed E-state index contributed by atoms with van der Waals surface area (Å²) < 4.78 is 7.60. The molecule has 0 atom stereocenters. The molecule has 0 unspecified atom stereocenters. The minimum Gasteiger partial charge on any atom is -0.464 e. The molecule has 1 spiro atoms. The number of aromatic nitrogens is 2. The summed E-state index contributed by atoms with van der Waals surface area (Å²) in [6.45, 7) is 8.85. The van der Waals surface area contributed by atoms with Crippen LogP contribution in [0.5, 0.6) is 0 Å². The predicted molar refractivity (Wildman–Crippen MR) is 160 cm³/mol. The molecule has 9 nitrogen and oxygen atoms in total. The van der Waals surface area contributed by atoms with Crippen LogP contribution in [0.1, 0.15) is 48.8 Å². The van der Waals surface area contributed by atoms with E-state index >= 15 is 0 Å². The first kappa shape index (κ1) is 27.0. The van der Waals surface area contributed by atoms with Crippen LogP contribution in [0.4, 0.5) is 11.6 Å². The van der Waals surface area contributed by atoms with Crippen molar-refractivity contribution in [3.8, 4) is 10.6 Å². The molecule has 2 fully saturated rings. The van der Waals surface area contributed by atoms with Crippen molar-refractivity contribution >= 4 is 51.7 Å². The summed E-state index contributed by atoms with van der Waals surface area (Å²) >= 11 is 1.36. The van der Waals surface area contributed by atoms with Gasteiger partial charge in [0.05, 0.1) is 27.1 Å². The maximum atomic E-state index is 13.4. The minimum atomic E-state index is -0.241. The highest BCUT2D eigenvalue weighted by atomic mass is 32.1. The van der Waals surface area contributed by atoms with E-state index in [1.807, 2.05) is 55.1 Å². The summed E-state index contributed by atoms with van der Waals surface area (Å²) in [6, 6.07) is 13.3. The minimum absolute atomic E-state index is 0.0168. The quantitative estimate of drug-likeness (QED) is 0.276. The third-order valence-corrected chi connectivity index (χ3v) is 9.43. The topological polar surface area (TPSA) is 101 Å². The fourth-order valence-electron chi connectivity index (χ4n) is 6.15. The van der Waals surface area contributed by atoms with Gasteiger partial charge in [-0.2, -0.15) is 0 Å². The van der Waals surface area contributed by atoms with Crippen LogP contribution in [0, 0.1) is 11.3 Å². The molecule has 10 heteroatoms. The molecule has 1 aromatic carbocycles. The zero-order chi connectivity index (χ0) is 28.9. The molecule has 4 aromatic rings. The van der Waals surface area contributed by atoms with Crippen LogP contribution in [0.15, 0.2) is 65.8 Å². The third-order valence-electron chi connectivity index (χ3n) is 8.33. The molecule has 212 valence electrons. The lowest BCUT2D eigenvalue weighted by molar-refractivity contribution is -0.126. The van der Waals surface area contributed by atoms with Gasteiger partial charge in [0.25, 0.3) is 5.91 Å². The number of benzene rings is 1. The van der Waals surface area contributed by atoms with Gasteiger partial charge < -0.3 is 18.8 Å². The number of hydrogen-bond acceptors (Lipinski definition) is 6. The molecule has 1 saturated carbocycles. The van der Waals surface area contributed by atoms with Crippen LogP contribution in [0.25, 0.3) is 21.7 Å². The van der Waals surface area contributed by atoms with Gasteiger partial charge in [-0.1, -0.05) is 20.4 Å². The third kappa shape index (κ3) is 4.86. The molecular formula is C31H33N5O4S. The SMILES string of the molecule is C=CC(=O)N1CCC2(CC(n3c(NC(=O)c4ccc(-c5ccco5)s4)nc4cc(N(C)C(=O)C(C)C)ccc43)C2)C1. The van der Waals surface area contributed by atoms with E-state index in [2.05, 4.69) is 16.5 Å². The number of anilines is 2. The number of likely N-dealkylation sites (tertiary alicyclic amines) is 1. The molecule has 0 bridgehead atoms. The predicted octanol–water partition coefficient (Wildman–Crippen LogP) is 5.97. The first-order valence-electron chi connectivity index (χ1n) is 13.8. The van der Waals surface area contributed by atoms with E-state index in [1.165, 1.54) is 17.4 Å². The molecule has 1 aliphatic heterocycles.